The lowest BCUT2D eigenvalue weighted by atomic mass is 9.86. The Morgan fingerprint density at radius 2 is 1.77 bits per heavy atom. The number of carboxylic acid groups (broad SMARTS) is 1. The second-order valence-corrected chi connectivity index (χ2v) is 12.7. The molecule has 35 heavy (non-hydrogen) atoms. The van der Waals surface area contributed by atoms with Crippen molar-refractivity contribution in [3.8, 4) is 0 Å². The minimum Gasteiger partial charge on any atom is -0.477 e. The van der Waals surface area contributed by atoms with Crippen LogP contribution in [0.1, 0.15) is 19.3 Å². The number of unbranched alkanes of at least 4 members (excludes halogenated alkanes) is 1. The highest BCUT2D eigenvalue weighted by Gasteiger charge is 2.67. The summed E-state index contributed by atoms with van der Waals surface area (Å²) in [7, 11) is -11.2. The summed E-state index contributed by atoms with van der Waals surface area (Å²) < 4.78 is 27.3. The predicted octanol–water partition coefficient (Wildman–Crippen LogP) is -2.68. The number of hydrogen-bond acceptors (Lipinski definition) is 10. The van der Waals surface area contributed by atoms with Crippen molar-refractivity contribution in [2.75, 3.05) is 18.9 Å². The van der Waals surface area contributed by atoms with E-state index in [4.69, 9.17) is 31.0 Å². The van der Waals surface area contributed by atoms with Crippen LogP contribution in [0.5, 0.6) is 0 Å². The van der Waals surface area contributed by atoms with Crippen molar-refractivity contribution in [3.05, 3.63) is 11.3 Å². The molecule has 20 heteroatoms. The van der Waals surface area contributed by atoms with Crippen LogP contribution in [0.15, 0.2) is 11.3 Å². The van der Waals surface area contributed by atoms with Crippen molar-refractivity contribution >= 4 is 50.8 Å². The van der Waals surface area contributed by atoms with E-state index < -0.39 is 73.8 Å². The predicted molar refractivity (Wildman–Crippen MR) is 116 cm³/mol. The highest BCUT2D eigenvalue weighted by atomic mass is 32.2. The minimum absolute atomic E-state index is 0.0427. The average molecular weight is 562 g/mol. The van der Waals surface area contributed by atoms with Gasteiger partial charge in [-0.1, -0.05) is 0 Å². The summed E-state index contributed by atoms with van der Waals surface area (Å²) in [4.78, 5) is 85.0. The first-order chi connectivity index (χ1) is 15.9. The lowest BCUT2D eigenvalue weighted by Gasteiger charge is -2.54. The zero-order chi connectivity index (χ0) is 27.0. The molecule has 0 saturated carbocycles. The molecule has 1 fully saturated rings. The van der Waals surface area contributed by atoms with Gasteiger partial charge in [-0.05, 0) is 19.3 Å². The smallest absolute Gasteiger partial charge is 0.404 e. The van der Waals surface area contributed by atoms with Crippen LogP contribution in [-0.2, 0) is 28.3 Å². The molecule has 0 radical (unpaired) electrons. The van der Waals surface area contributed by atoms with Gasteiger partial charge >= 0.3 is 27.3 Å². The zero-order valence-corrected chi connectivity index (χ0v) is 20.4. The SMILES string of the molecule is NC(=O)OCC1=C(C(=O)O)N2C(=O)C(N)(C(=O)NCCCCC(O)(P(=O)(O)O)P(=O)(O)O)[C@H]2SC1. The molecule has 2 atom stereocenters. The molecule has 2 aliphatic rings. The van der Waals surface area contributed by atoms with E-state index in [2.05, 4.69) is 10.1 Å². The van der Waals surface area contributed by atoms with Crippen LogP contribution in [0.4, 0.5) is 4.79 Å². The van der Waals surface area contributed by atoms with Crippen LogP contribution in [0.25, 0.3) is 0 Å². The molecule has 0 aliphatic carbocycles. The van der Waals surface area contributed by atoms with Crippen molar-refractivity contribution in [1.82, 2.24) is 10.2 Å². The monoisotopic (exact) mass is 562 g/mol. The van der Waals surface area contributed by atoms with Crippen molar-refractivity contribution in [3.63, 3.8) is 0 Å². The molecule has 0 spiro atoms. The number of aliphatic carboxylic acids is 1. The molecule has 198 valence electrons. The number of carboxylic acids is 1. The number of rotatable bonds is 11. The third-order valence-electron chi connectivity index (χ3n) is 5.31. The molecule has 0 aromatic heterocycles. The van der Waals surface area contributed by atoms with E-state index in [0.29, 0.717) is 0 Å². The standard InChI is InChI=1S/C15H24N4O13P2S/c16-13(24)32-5-7-6-35-12-15(17,11(23)19(12)8(7)9(20)21)10(22)18-4-2-1-3-14(25,33(26,27)28)34(29,30)31/h12,25H,1-6,17H2,(H2,16,24)(H,18,22)(H,20,21)(H2,26,27,28)(H2,29,30,31)/t12-,15?/m1/s1. The van der Waals surface area contributed by atoms with Gasteiger partial charge in [-0.3, -0.25) is 23.6 Å². The molecule has 2 heterocycles. The number of aliphatic hydroxyl groups is 1. The fourth-order valence-corrected chi connectivity index (χ4v) is 7.08. The molecule has 1 saturated heterocycles. The third-order valence-corrected chi connectivity index (χ3v) is 10.6. The minimum atomic E-state index is -5.61. The van der Waals surface area contributed by atoms with Gasteiger partial charge in [0.25, 0.3) is 16.9 Å². The Morgan fingerprint density at radius 3 is 2.26 bits per heavy atom. The summed E-state index contributed by atoms with van der Waals surface area (Å²) in [6.07, 6.45) is -2.59. The molecule has 0 aromatic rings. The van der Waals surface area contributed by atoms with Crippen LogP contribution < -0.4 is 16.8 Å². The summed E-state index contributed by atoms with van der Waals surface area (Å²) in [6.45, 7) is -0.736. The average Bonchev–Trinajstić information content (AvgIpc) is 2.73. The Morgan fingerprint density at radius 1 is 1.20 bits per heavy atom. The molecule has 2 aliphatic heterocycles. The summed E-state index contributed by atoms with van der Waals surface area (Å²) in [6, 6.07) is 0. The van der Waals surface area contributed by atoms with Crippen molar-refractivity contribution in [2.24, 2.45) is 11.5 Å². The number of thioether (sulfide) groups is 1. The van der Waals surface area contributed by atoms with Gasteiger partial charge in [0.1, 0.15) is 17.7 Å². The number of fused-ring (bicyclic) bond motifs is 1. The number of nitrogens with two attached hydrogens (primary N) is 2. The summed E-state index contributed by atoms with van der Waals surface area (Å²) in [5, 5.41) is 16.9. The van der Waals surface area contributed by atoms with Crippen LogP contribution >= 0.6 is 27.0 Å². The normalized spacial score (nSPS) is 22.9. The van der Waals surface area contributed by atoms with Crippen molar-refractivity contribution in [2.45, 2.75) is 35.3 Å². The highest BCUT2D eigenvalue weighted by molar-refractivity contribution is 8.00. The molecule has 11 N–H and O–H groups in total. The van der Waals surface area contributed by atoms with Gasteiger partial charge in [0.2, 0.25) is 5.54 Å². The van der Waals surface area contributed by atoms with Crippen molar-refractivity contribution in [1.29, 1.82) is 0 Å². The van der Waals surface area contributed by atoms with Crippen LogP contribution in [0.3, 0.4) is 0 Å². The fourth-order valence-electron chi connectivity index (χ4n) is 3.42. The maximum absolute atomic E-state index is 12.7. The van der Waals surface area contributed by atoms with Crippen molar-refractivity contribution < 1.29 is 62.8 Å². The van der Waals surface area contributed by atoms with E-state index in [9.17, 15) is 38.5 Å². The Labute approximate surface area is 201 Å². The second kappa shape index (κ2) is 10.2. The number of carbonyl (C=O) groups excluding carboxylic acids is 3. The van der Waals surface area contributed by atoms with Gasteiger partial charge in [-0.25, -0.2) is 9.59 Å². The van der Waals surface area contributed by atoms with E-state index in [1.165, 1.54) is 0 Å². The van der Waals surface area contributed by atoms with Crippen LogP contribution in [0.2, 0.25) is 0 Å². The Kier molecular flexibility index (Phi) is 8.48. The van der Waals surface area contributed by atoms with Gasteiger partial charge in [0, 0.05) is 17.9 Å². The number of primary amides is 1. The number of amides is 3. The highest BCUT2D eigenvalue weighted by Crippen LogP contribution is 2.69. The topological polar surface area (TPSA) is 300 Å². The first kappa shape index (κ1) is 29.2. The largest absolute Gasteiger partial charge is 0.477 e. The lowest BCUT2D eigenvalue weighted by molar-refractivity contribution is -0.160. The number of carbonyl (C=O) groups is 4. The van der Waals surface area contributed by atoms with Gasteiger partial charge < -0.3 is 51.3 Å². The number of ether oxygens (including phenoxy) is 1. The van der Waals surface area contributed by atoms with Crippen LogP contribution in [0, 0.1) is 0 Å². The Bertz CT molecular complexity index is 1030. The van der Waals surface area contributed by atoms with Gasteiger partial charge in [-0.2, -0.15) is 0 Å². The molecule has 2 rings (SSSR count). The molecule has 1 unspecified atom stereocenters. The maximum Gasteiger partial charge on any atom is 0.404 e. The van der Waals surface area contributed by atoms with Gasteiger partial charge in [0.05, 0.1) is 0 Å². The van der Waals surface area contributed by atoms with E-state index in [1.54, 1.807) is 0 Å². The number of β-lactam (4-membered cyclic amide) rings is 1. The number of nitrogens with one attached hydrogen (secondary N) is 1. The fraction of sp³-hybridized carbons (Fsp3) is 0.600. The first-order valence-corrected chi connectivity index (χ1v) is 13.9. The zero-order valence-electron chi connectivity index (χ0n) is 17.8. The molecule has 0 aromatic carbocycles. The molecular formula is C15H24N4O13P2S. The van der Waals surface area contributed by atoms with E-state index in [-0.39, 0.29) is 30.7 Å². The van der Waals surface area contributed by atoms with Crippen LogP contribution in [-0.4, -0.2) is 93.5 Å². The molecule has 0 bridgehead atoms. The summed E-state index contributed by atoms with van der Waals surface area (Å²) in [5.41, 5.74) is 8.27. The number of hydrogen-bond donors (Lipinski definition) is 9. The van der Waals surface area contributed by atoms with Gasteiger partial charge in [-0.15, -0.1) is 11.8 Å². The number of nitrogens with zero attached hydrogens (tertiary/aromatic N) is 1. The van der Waals surface area contributed by atoms with E-state index in [1.807, 2.05) is 0 Å². The second-order valence-electron chi connectivity index (χ2n) is 7.65. The summed E-state index contributed by atoms with van der Waals surface area (Å²) in [5.74, 6) is -3.59. The quantitative estimate of drug-likeness (QED) is 0.0536. The Hall–Kier alpha value is -2.01. The van der Waals surface area contributed by atoms with Gasteiger partial charge in [0.15, 0.2) is 0 Å². The molecular weight excluding hydrogens is 538 g/mol. The molecule has 3 amide bonds. The first-order valence-electron chi connectivity index (χ1n) is 9.63. The van der Waals surface area contributed by atoms with E-state index >= 15 is 0 Å². The Balaban J connectivity index is 2.02. The summed E-state index contributed by atoms with van der Waals surface area (Å²) >= 11 is 0.945. The lowest BCUT2D eigenvalue weighted by Crippen LogP contribution is -2.82. The van der Waals surface area contributed by atoms with E-state index in [0.717, 1.165) is 16.7 Å². The molecule has 17 nitrogen and oxygen atoms in total. The maximum atomic E-state index is 12.7. The third kappa shape index (κ3) is 5.40.